The van der Waals surface area contributed by atoms with Crippen molar-refractivity contribution < 1.29 is 15.0 Å². The number of phenols is 1. The van der Waals surface area contributed by atoms with Gasteiger partial charge in [-0.1, -0.05) is 19.9 Å². The van der Waals surface area contributed by atoms with E-state index in [1.807, 2.05) is 13.8 Å². The summed E-state index contributed by atoms with van der Waals surface area (Å²) in [5.74, 6) is -0.0289. The second-order valence-electron chi connectivity index (χ2n) is 4.69. The first-order valence-corrected chi connectivity index (χ1v) is 6.61. The monoisotopic (exact) mass is 264 g/mol. The van der Waals surface area contributed by atoms with Crippen LogP contribution < -0.4 is 4.90 Å². The minimum Gasteiger partial charge on any atom is -0.508 e. The minimum absolute atomic E-state index is 0.0868. The van der Waals surface area contributed by atoms with Crippen LogP contribution in [-0.2, 0) is 4.79 Å². The number of aliphatic hydroxyl groups is 1. The molecule has 0 aromatic heterocycles. The first-order chi connectivity index (χ1) is 9.08. The van der Waals surface area contributed by atoms with Gasteiger partial charge < -0.3 is 10.2 Å². The molecule has 0 radical (unpaired) electrons. The zero-order valence-corrected chi connectivity index (χ0v) is 11.3. The lowest BCUT2D eigenvalue weighted by molar-refractivity contribution is -0.117. The van der Waals surface area contributed by atoms with Crippen LogP contribution in [0.2, 0.25) is 0 Å². The molecule has 1 saturated heterocycles. The number of phenolic OH excluding ortho intramolecular Hbond substituents is 1. The molecule has 0 bridgehead atoms. The van der Waals surface area contributed by atoms with Gasteiger partial charge in [-0.05, 0) is 25.2 Å². The third-order valence-corrected chi connectivity index (χ3v) is 3.65. The molecule has 1 aromatic rings. The van der Waals surface area contributed by atoms with E-state index in [2.05, 4.69) is 4.90 Å². The molecule has 2 N–H and O–H groups in total. The molecule has 5 nitrogen and oxygen atoms in total. The van der Waals surface area contributed by atoms with E-state index in [-0.39, 0.29) is 17.7 Å². The van der Waals surface area contributed by atoms with E-state index in [1.54, 1.807) is 12.1 Å². The molecule has 2 atom stereocenters. The van der Waals surface area contributed by atoms with Gasteiger partial charge in [0, 0.05) is 12.5 Å². The van der Waals surface area contributed by atoms with Crippen LogP contribution >= 0.6 is 0 Å². The summed E-state index contributed by atoms with van der Waals surface area (Å²) in [6.07, 6.45) is -0.562. The number of aromatic hydroxyl groups is 1. The van der Waals surface area contributed by atoms with Crippen molar-refractivity contribution in [1.29, 1.82) is 0 Å². The molecule has 2 unspecified atom stereocenters. The predicted molar refractivity (Wildman–Crippen MR) is 72.9 cm³/mol. The van der Waals surface area contributed by atoms with Crippen LogP contribution in [0.5, 0.6) is 5.75 Å². The zero-order chi connectivity index (χ0) is 14.0. The van der Waals surface area contributed by atoms with Crippen LogP contribution in [0, 0.1) is 0 Å². The number of nitrogens with zero attached hydrogens (tertiary/aromatic N) is 2. The van der Waals surface area contributed by atoms with E-state index in [1.165, 1.54) is 17.0 Å². The van der Waals surface area contributed by atoms with Gasteiger partial charge in [-0.3, -0.25) is 14.6 Å². The number of benzene rings is 1. The van der Waals surface area contributed by atoms with Gasteiger partial charge in [-0.2, -0.15) is 0 Å². The maximum absolute atomic E-state index is 12.1. The Morgan fingerprint density at radius 3 is 2.63 bits per heavy atom. The Hall–Kier alpha value is -1.59. The number of anilines is 1. The van der Waals surface area contributed by atoms with Crippen molar-refractivity contribution in [3.05, 3.63) is 24.3 Å². The number of rotatable bonds is 4. The fourth-order valence-corrected chi connectivity index (χ4v) is 2.65. The van der Waals surface area contributed by atoms with E-state index < -0.39 is 6.23 Å². The number of carbonyl (C=O) groups is 1. The number of likely N-dealkylation sites (N-methyl/N-ethyl adjacent to an activating group) is 1. The molecule has 0 aliphatic carbocycles. The van der Waals surface area contributed by atoms with Crippen LogP contribution in [0.25, 0.3) is 0 Å². The largest absolute Gasteiger partial charge is 0.508 e. The van der Waals surface area contributed by atoms with Crippen molar-refractivity contribution in [1.82, 2.24) is 4.90 Å². The Labute approximate surface area is 113 Å². The van der Waals surface area contributed by atoms with Crippen LogP contribution in [0.3, 0.4) is 0 Å². The second kappa shape index (κ2) is 5.59. The minimum atomic E-state index is -0.866. The van der Waals surface area contributed by atoms with Gasteiger partial charge in [0.15, 0.2) is 0 Å². The molecule has 104 valence electrons. The SMILES string of the molecule is CCN(CC)C1CC(=O)N(c2cccc(O)c2)C1O. The molecule has 1 aromatic carbocycles. The highest BCUT2D eigenvalue weighted by Gasteiger charge is 2.41. The summed E-state index contributed by atoms with van der Waals surface area (Å²) in [4.78, 5) is 15.5. The first kappa shape index (κ1) is 13.8. The smallest absolute Gasteiger partial charge is 0.230 e. The van der Waals surface area contributed by atoms with E-state index >= 15 is 0 Å². The van der Waals surface area contributed by atoms with Gasteiger partial charge in [0.25, 0.3) is 0 Å². The van der Waals surface area contributed by atoms with Crippen LogP contribution in [0.4, 0.5) is 5.69 Å². The second-order valence-corrected chi connectivity index (χ2v) is 4.69. The van der Waals surface area contributed by atoms with E-state index in [0.717, 1.165) is 13.1 Å². The van der Waals surface area contributed by atoms with Crippen molar-refractivity contribution in [2.45, 2.75) is 32.5 Å². The summed E-state index contributed by atoms with van der Waals surface area (Å²) in [6.45, 7) is 5.61. The average molecular weight is 264 g/mol. The van der Waals surface area contributed by atoms with E-state index in [9.17, 15) is 15.0 Å². The fraction of sp³-hybridized carbons (Fsp3) is 0.500. The Morgan fingerprint density at radius 1 is 1.37 bits per heavy atom. The average Bonchev–Trinajstić information content (AvgIpc) is 2.67. The lowest BCUT2D eigenvalue weighted by Gasteiger charge is -2.30. The van der Waals surface area contributed by atoms with Crippen molar-refractivity contribution in [3.8, 4) is 5.75 Å². The Morgan fingerprint density at radius 2 is 2.05 bits per heavy atom. The lowest BCUT2D eigenvalue weighted by Crippen LogP contribution is -2.45. The highest BCUT2D eigenvalue weighted by atomic mass is 16.3. The Kier molecular flexibility index (Phi) is 4.07. The van der Waals surface area contributed by atoms with Gasteiger partial charge in [-0.15, -0.1) is 0 Å². The maximum Gasteiger partial charge on any atom is 0.230 e. The van der Waals surface area contributed by atoms with Gasteiger partial charge in [0.2, 0.25) is 5.91 Å². The van der Waals surface area contributed by atoms with Crippen molar-refractivity contribution in [2.24, 2.45) is 0 Å². The highest BCUT2D eigenvalue weighted by molar-refractivity contribution is 5.96. The molecule has 0 saturated carbocycles. The molecule has 1 amide bonds. The number of amides is 1. The van der Waals surface area contributed by atoms with Crippen molar-refractivity contribution in [2.75, 3.05) is 18.0 Å². The van der Waals surface area contributed by atoms with Crippen molar-refractivity contribution >= 4 is 11.6 Å². The molecule has 1 fully saturated rings. The topological polar surface area (TPSA) is 64.0 Å². The quantitative estimate of drug-likeness (QED) is 0.856. The first-order valence-electron chi connectivity index (χ1n) is 6.61. The van der Waals surface area contributed by atoms with Crippen LogP contribution in [0.1, 0.15) is 20.3 Å². The Bertz CT molecular complexity index is 460. The summed E-state index contributed by atoms with van der Waals surface area (Å²) in [7, 11) is 0. The number of carbonyl (C=O) groups excluding carboxylic acids is 1. The number of hydrogen-bond donors (Lipinski definition) is 2. The molecular weight excluding hydrogens is 244 g/mol. The maximum atomic E-state index is 12.1. The third kappa shape index (κ3) is 2.57. The summed E-state index contributed by atoms with van der Waals surface area (Å²) in [5.41, 5.74) is 0.534. The molecule has 1 heterocycles. The third-order valence-electron chi connectivity index (χ3n) is 3.65. The van der Waals surface area contributed by atoms with E-state index in [4.69, 9.17) is 0 Å². The zero-order valence-electron chi connectivity index (χ0n) is 11.3. The Balaban J connectivity index is 2.26. The summed E-state index contributed by atoms with van der Waals surface area (Å²) in [6, 6.07) is 6.22. The predicted octanol–water partition coefficient (Wildman–Crippen LogP) is 1.16. The summed E-state index contributed by atoms with van der Waals surface area (Å²) in [5, 5.41) is 19.9. The molecule has 0 spiro atoms. The van der Waals surface area contributed by atoms with E-state index in [0.29, 0.717) is 12.1 Å². The summed E-state index contributed by atoms with van der Waals surface area (Å²) >= 11 is 0. The van der Waals surface area contributed by atoms with Crippen molar-refractivity contribution in [3.63, 3.8) is 0 Å². The molecular formula is C14H20N2O3. The normalized spacial score (nSPS) is 23.4. The summed E-state index contributed by atoms with van der Waals surface area (Å²) < 4.78 is 0. The standard InChI is InChI=1S/C14H20N2O3/c1-3-15(4-2)12-9-13(18)16(14(12)19)10-6-5-7-11(17)8-10/h5-8,12,14,17,19H,3-4,9H2,1-2H3. The van der Waals surface area contributed by atoms with Gasteiger partial charge in [0.05, 0.1) is 11.7 Å². The molecule has 1 aliphatic rings. The highest BCUT2D eigenvalue weighted by Crippen LogP contribution is 2.30. The van der Waals surface area contributed by atoms with Gasteiger partial charge in [0.1, 0.15) is 12.0 Å². The van der Waals surface area contributed by atoms with Crippen LogP contribution in [0.15, 0.2) is 24.3 Å². The van der Waals surface area contributed by atoms with Crippen LogP contribution in [-0.4, -0.2) is 46.4 Å². The molecule has 5 heteroatoms. The molecule has 2 rings (SSSR count). The fourth-order valence-electron chi connectivity index (χ4n) is 2.65. The van der Waals surface area contributed by atoms with Gasteiger partial charge in [-0.25, -0.2) is 0 Å². The molecule has 19 heavy (non-hydrogen) atoms. The molecule has 1 aliphatic heterocycles. The lowest BCUT2D eigenvalue weighted by atomic mass is 10.2. The van der Waals surface area contributed by atoms with Gasteiger partial charge >= 0.3 is 0 Å². The number of hydrogen-bond acceptors (Lipinski definition) is 4. The number of aliphatic hydroxyl groups excluding tert-OH is 1.